The fourth-order valence-corrected chi connectivity index (χ4v) is 2.80. The van der Waals surface area contributed by atoms with Crippen LogP contribution in [0.25, 0.3) is 0 Å². The van der Waals surface area contributed by atoms with Crippen LogP contribution < -0.4 is 5.73 Å². The first-order valence-corrected chi connectivity index (χ1v) is 4.71. The minimum Gasteiger partial charge on any atom is -0.481 e. The van der Waals surface area contributed by atoms with Crippen LogP contribution in [0, 0.1) is 35.0 Å². The quantitative estimate of drug-likeness (QED) is 0.537. The summed E-state index contributed by atoms with van der Waals surface area (Å²) in [6, 6.07) is 1.89. The largest absolute Gasteiger partial charge is 0.481 e. The van der Waals surface area contributed by atoms with Crippen LogP contribution in [0.4, 0.5) is 0 Å². The summed E-state index contributed by atoms with van der Waals surface area (Å²) in [4.78, 5) is 22.0. The second kappa shape index (κ2) is 2.83. The monoisotopic (exact) mass is 222 g/mol. The van der Waals surface area contributed by atoms with Gasteiger partial charge < -0.3 is 15.9 Å². The standard InChI is InChI=1S/C10H10N2O4/c1-3-4(2-11)5-6(8(13)14)7(5)10(3,12)9(15)16/h4-7H,1,12H2,(H,13,14)(H,15,16). The van der Waals surface area contributed by atoms with Crippen molar-refractivity contribution in [3.63, 3.8) is 0 Å². The molecule has 2 rings (SSSR count). The minimum atomic E-state index is -1.77. The van der Waals surface area contributed by atoms with Gasteiger partial charge in [-0.1, -0.05) is 6.58 Å². The van der Waals surface area contributed by atoms with Crippen molar-refractivity contribution in [3.05, 3.63) is 12.2 Å². The van der Waals surface area contributed by atoms with E-state index in [1.807, 2.05) is 6.07 Å². The molecule has 0 aromatic rings. The molecule has 16 heavy (non-hydrogen) atoms. The molecule has 6 heteroatoms. The Morgan fingerprint density at radius 1 is 1.50 bits per heavy atom. The van der Waals surface area contributed by atoms with E-state index in [9.17, 15) is 9.59 Å². The van der Waals surface area contributed by atoms with Gasteiger partial charge in [-0.3, -0.25) is 4.79 Å². The molecule has 0 aliphatic heterocycles. The lowest BCUT2D eigenvalue weighted by Crippen LogP contribution is -2.51. The van der Waals surface area contributed by atoms with Gasteiger partial charge in [-0.25, -0.2) is 4.79 Å². The van der Waals surface area contributed by atoms with Gasteiger partial charge >= 0.3 is 11.9 Å². The summed E-state index contributed by atoms with van der Waals surface area (Å²) in [5, 5.41) is 26.8. The molecule has 0 spiro atoms. The first-order chi connectivity index (χ1) is 7.37. The number of hydrogen-bond acceptors (Lipinski definition) is 4. The summed E-state index contributed by atoms with van der Waals surface area (Å²) in [7, 11) is 0. The molecule has 0 saturated heterocycles. The van der Waals surface area contributed by atoms with Crippen molar-refractivity contribution in [3.8, 4) is 6.07 Å². The topological polar surface area (TPSA) is 124 Å². The third-order valence-electron chi connectivity index (χ3n) is 3.67. The lowest BCUT2D eigenvalue weighted by molar-refractivity contribution is -0.143. The Morgan fingerprint density at radius 2 is 2.06 bits per heavy atom. The summed E-state index contributed by atoms with van der Waals surface area (Å²) in [6.07, 6.45) is 0. The molecule has 0 aromatic carbocycles. The Bertz CT molecular complexity index is 452. The lowest BCUT2D eigenvalue weighted by Gasteiger charge is -2.25. The first kappa shape index (κ1) is 10.6. The van der Waals surface area contributed by atoms with Crippen molar-refractivity contribution in [1.82, 2.24) is 0 Å². The van der Waals surface area contributed by atoms with Gasteiger partial charge in [-0.15, -0.1) is 0 Å². The molecule has 2 aliphatic rings. The van der Waals surface area contributed by atoms with Gasteiger partial charge in [0.2, 0.25) is 0 Å². The van der Waals surface area contributed by atoms with Crippen molar-refractivity contribution in [2.75, 3.05) is 0 Å². The van der Waals surface area contributed by atoms with Crippen molar-refractivity contribution in [2.45, 2.75) is 5.54 Å². The van der Waals surface area contributed by atoms with E-state index in [4.69, 9.17) is 21.2 Å². The number of rotatable bonds is 2. The zero-order valence-electron chi connectivity index (χ0n) is 8.25. The van der Waals surface area contributed by atoms with Gasteiger partial charge in [0.15, 0.2) is 0 Å². The lowest BCUT2D eigenvalue weighted by atomic mass is 9.83. The van der Waals surface area contributed by atoms with Crippen LogP contribution in [-0.2, 0) is 9.59 Å². The summed E-state index contributed by atoms with van der Waals surface area (Å²) in [5.41, 5.74) is 4.06. The molecular formula is C10H10N2O4. The Balaban J connectivity index is 2.44. The molecule has 0 amide bonds. The minimum absolute atomic E-state index is 0.120. The number of nitrogens with zero attached hydrogens (tertiary/aromatic N) is 1. The van der Waals surface area contributed by atoms with Gasteiger partial charge in [0.05, 0.1) is 17.9 Å². The van der Waals surface area contributed by atoms with E-state index in [1.54, 1.807) is 0 Å². The molecule has 0 heterocycles. The average Bonchev–Trinajstić information content (AvgIpc) is 2.87. The van der Waals surface area contributed by atoms with E-state index in [0.29, 0.717) is 0 Å². The predicted molar refractivity (Wildman–Crippen MR) is 50.9 cm³/mol. The Hall–Kier alpha value is -1.87. The molecule has 5 atom stereocenters. The van der Waals surface area contributed by atoms with Crippen LogP contribution in [0.5, 0.6) is 0 Å². The second-order valence-corrected chi connectivity index (χ2v) is 4.27. The van der Waals surface area contributed by atoms with Crippen LogP contribution in [0.1, 0.15) is 0 Å². The molecular weight excluding hydrogens is 212 g/mol. The van der Waals surface area contributed by atoms with E-state index in [2.05, 4.69) is 6.58 Å². The van der Waals surface area contributed by atoms with E-state index in [0.717, 1.165) is 0 Å². The van der Waals surface area contributed by atoms with E-state index < -0.39 is 41.1 Å². The molecule has 2 saturated carbocycles. The zero-order valence-corrected chi connectivity index (χ0v) is 8.25. The number of nitrogens with two attached hydrogens (primary N) is 1. The number of hydrogen-bond donors (Lipinski definition) is 3. The maximum Gasteiger partial charge on any atom is 0.328 e. The highest BCUT2D eigenvalue weighted by atomic mass is 16.4. The Morgan fingerprint density at radius 3 is 2.44 bits per heavy atom. The molecule has 2 fully saturated rings. The van der Waals surface area contributed by atoms with Gasteiger partial charge in [-0.05, 0) is 11.5 Å². The van der Waals surface area contributed by atoms with Gasteiger partial charge in [0.1, 0.15) is 5.54 Å². The van der Waals surface area contributed by atoms with Crippen LogP contribution in [0.15, 0.2) is 12.2 Å². The third kappa shape index (κ3) is 0.933. The van der Waals surface area contributed by atoms with E-state index in [-0.39, 0.29) is 5.57 Å². The number of carbonyl (C=O) groups is 2. The van der Waals surface area contributed by atoms with Crippen LogP contribution in [0.2, 0.25) is 0 Å². The van der Waals surface area contributed by atoms with Gasteiger partial charge in [0.25, 0.3) is 0 Å². The normalized spacial score (nSPS) is 44.6. The molecule has 0 radical (unpaired) electrons. The molecule has 5 unspecified atom stereocenters. The highest BCUT2D eigenvalue weighted by Gasteiger charge is 2.75. The fourth-order valence-electron chi connectivity index (χ4n) is 2.80. The molecule has 2 aliphatic carbocycles. The first-order valence-electron chi connectivity index (χ1n) is 4.71. The van der Waals surface area contributed by atoms with Gasteiger partial charge in [-0.2, -0.15) is 5.26 Å². The maximum absolute atomic E-state index is 11.1. The van der Waals surface area contributed by atoms with Gasteiger partial charge in [0, 0.05) is 5.92 Å². The maximum atomic E-state index is 11.1. The molecule has 0 aromatic heterocycles. The van der Waals surface area contributed by atoms with E-state index in [1.165, 1.54) is 0 Å². The average molecular weight is 222 g/mol. The Kier molecular flexibility index (Phi) is 1.88. The number of aliphatic carboxylic acids is 2. The van der Waals surface area contributed by atoms with Crippen molar-refractivity contribution < 1.29 is 19.8 Å². The Labute approximate surface area is 91.0 Å². The third-order valence-corrected chi connectivity index (χ3v) is 3.67. The fraction of sp³-hybridized carbons (Fsp3) is 0.500. The highest BCUT2D eigenvalue weighted by molar-refractivity contribution is 5.89. The highest BCUT2D eigenvalue weighted by Crippen LogP contribution is 2.65. The smallest absolute Gasteiger partial charge is 0.328 e. The number of fused-ring (bicyclic) bond motifs is 1. The molecule has 6 nitrogen and oxygen atoms in total. The summed E-state index contributed by atoms with van der Waals surface area (Å²) in [5.74, 6) is -5.23. The SMILES string of the molecule is C=C1C(C#N)C2C(C(=O)O)C2C1(N)C(=O)O. The van der Waals surface area contributed by atoms with Crippen molar-refractivity contribution in [1.29, 1.82) is 5.26 Å². The van der Waals surface area contributed by atoms with Crippen LogP contribution in [-0.4, -0.2) is 27.7 Å². The number of carboxylic acid groups (broad SMARTS) is 2. The van der Waals surface area contributed by atoms with Crippen molar-refractivity contribution in [2.24, 2.45) is 29.4 Å². The summed E-state index contributed by atoms with van der Waals surface area (Å²) >= 11 is 0. The summed E-state index contributed by atoms with van der Waals surface area (Å²) < 4.78 is 0. The predicted octanol–water partition coefficient (Wildman–Crippen LogP) is -0.575. The second-order valence-electron chi connectivity index (χ2n) is 4.27. The van der Waals surface area contributed by atoms with Crippen LogP contribution >= 0.6 is 0 Å². The number of carboxylic acids is 2. The van der Waals surface area contributed by atoms with E-state index >= 15 is 0 Å². The zero-order chi connectivity index (χ0) is 12.2. The summed E-state index contributed by atoms with van der Waals surface area (Å²) in [6.45, 7) is 3.53. The molecule has 0 bridgehead atoms. The molecule has 84 valence electrons. The van der Waals surface area contributed by atoms with Crippen molar-refractivity contribution >= 4 is 11.9 Å². The number of nitriles is 1. The molecule has 4 N–H and O–H groups in total. The van der Waals surface area contributed by atoms with Crippen LogP contribution in [0.3, 0.4) is 0 Å².